The van der Waals surface area contributed by atoms with Gasteiger partial charge >= 0.3 is 0 Å². The van der Waals surface area contributed by atoms with Crippen molar-refractivity contribution in [1.29, 1.82) is 0 Å². The molecule has 1 amide bonds. The fourth-order valence-corrected chi connectivity index (χ4v) is 3.99. The minimum atomic E-state index is 0.111. The third-order valence-electron chi connectivity index (χ3n) is 4.78. The van der Waals surface area contributed by atoms with Crippen LogP contribution in [0.1, 0.15) is 31.4 Å². The van der Waals surface area contributed by atoms with Crippen LogP contribution < -0.4 is 0 Å². The summed E-state index contributed by atoms with van der Waals surface area (Å²) in [5.74, 6) is 0.518. The van der Waals surface area contributed by atoms with Gasteiger partial charge in [0, 0.05) is 31.3 Å². The molecular weight excluding hydrogens is 322 g/mol. The van der Waals surface area contributed by atoms with Gasteiger partial charge in [-0.05, 0) is 43.7 Å². The average Bonchev–Trinajstić information content (AvgIpc) is 3.10. The molecule has 0 spiro atoms. The van der Waals surface area contributed by atoms with E-state index in [0.29, 0.717) is 12.3 Å². The number of thiazole rings is 1. The third kappa shape index (κ3) is 3.99. The minimum absolute atomic E-state index is 0.111. The summed E-state index contributed by atoms with van der Waals surface area (Å²) in [6.07, 6.45) is 6.03. The first kappa shape index (κ1) is 17.0. The molecule has 0 radical (unpaired) electrons. The average molecular weight is 345 g/mol. The number of aliphatic hydroxyl groups excluding tert-OH is 1. The van der Waals surface area contributed by atoms with E-state index in [9.17, 15) is 9.90 Å². The molecule has 0 bridgehead atoms. The van der Waals surface area contributed by atoms with Gasteiger partial charge in [-0.15, -0.1) is 11.3 Å². The Morgan fingerprint density at radius 2 is 2.12 bits per heavy atom. The fraction of sp³-hybridized carbons (Fsp3) is 0.500. The Bertz CT molecular complexity index is 666. The normalized spacial score (nSPS) is 20.8. The van der Waals surface area contributed by atoms with Gasteiger partial charge in [0.15, 0.2) is 0 Å². The largest absolute Gasteiger partial charge is 0.396 e. The Morgan fingerprint density at radius 1 is 1.33 bits per heavy atom. The summed E-state index contributed by atoms with van der Waals surface area (Å²) in [5.41, 5.74) is 1.65. The molecule has 128 valence electrons. The van der Waals surface area contributed by atoms with E-state index in [1.54, 1.807) is 6.20 Å². The van der Waals surface area contributed by atoms with E-state index < -0.39 is 0 Å². The second kappa shape index (κ2) is 7.85. The van der Waals surface area contributed by atoms with Gasteiger partial charge in [0.25, 0.3) is 0 Å². The summed E-state index contributed by atoms with van der Waals surface area (Å²) in [6.45, 7) is 0.263. The van der Waals surface area contributed by atoms with Crippen molar-refractivity contribution in [3.63, 3.8) is 0 Å². The van der Waals surface area contributed by atoms with Crippen molar-refractivity contribution in [3.8, 4) is 10.7 Å². The first-order valence-electron chi connectivity index (χ1n) is 8.39. The lowest BCUT2D eigenvalue weighted by Crippen LogP contribution is -2.40. The molecule has 2 heterocycles. The number of aromatic nitrogens is 2. The van der Waals surface area contributed by atoms with Gasteiger partial charge in [-0.25, -0.2) is 4.98 Å². The second-order valence-electron chi connectivity index (χ2n) is 6.40. The number of rotatable bonds is 5. The van der Waals surface area contributed by atoms with Gasteiger partial charge < -0.3 is 10.0 Å². The second-order valence-corrected chi connectivity index (χ2v) is 7.26. The van der Waals surface area contributed by atoms with E-state index in [1.165, 1.54) is 11.3 Å². The van der Waals surface area contributed by atoms with E-state index >= 15 is 0 Å². The van der Waals surface area contributed by atoms with E-state index in [-0.39, 0.29) is 18.6 Å². The van der Waals surface area contributed by atoms with E-state index in [4.69, 9.17) is 0 Å². The highest BCUT2D eigenvalue weighted by atomic mass is 32.1. The lowest BCUT2D eigenvalue weighted by molar-refractivity contribution is -0.132. The Morgan fingerprint density at radius 3 is 2.79 bits per heavy atom. The summed E-state index contributed by atoms with van der Waals surface area (Å²) in [5, 5.41) is 12.0. The van der Waals surface area contributed by atoms with Gasteiger partial charge in [-0.1, -0.05) is 6.07 Å². The maximum atomic E-state index is 12.5. The summed E-state index contributed by atoms with van der Waals surface area (Å²) in [4.78, 5) is 23.2. The Hall–Kier alpha value is -1.79. The number of pyridine rings is 1. The zero-order chi connectivity index (χ0) is 16.9. The minimum Gasteiger partial charge on any atom is -0.396 e. The molecular formula is C18H23N3O2S. The molecule has 0 aromatic carbocycles. The Balaban J connectivity index is 1.58. The predicted octanol–water partition coefficient (Wildman–Crippen LogP) is 2.76. The van der Waals surface area contributed by atoms with Crippen molar-refractivity contribution < 1.29 is 9.90 Å². The standard InChI is InChI=1S/C18H23N3O2S/c1-21(15-7-5-13(11-22)6-8-15)17(23)10-14-12-24-18(20-14)16-4-2-3-9-19-16/h2-4,9,12-13,15,22H,5-8,10-11H2,1H3. The van der Waals surface area contributed by atoms with E-state index in [1.807, 2.05) is 35.5 Å². The maximum absolute atomic E-state index is 12.5. The van der Waals surface area contributed by atoms with E-state index in [2.05, 4.69) is 9.97 Å². The zero-order valence-corrected chi connectivity index (χ0v) is 14.7. The number of hydrogen-bond donors (Lipinski definition) is 1. The molecule has 0 unspecified atom stereocenters. The molecule has 0 saturated heterocycles. The monoisotopic (exact) mass is 345 g/mol. The van der Waals surface area contributed by atoms with Crippen LogP contribution in [0.15, 0.2) is 29.8 Å². The molecule has 2 aromatic heterocycles. The topological polar surface area (TPSA) is 66.3 Å². The van der Waals surface area contributed by atoms with E-state index in [0.717, 1.165) is 42.1 Å². The van der Waals surface area contributed by atoms with Gasteiger partial charge in [0.05, 0.1) is 17.8 Å². The number of hydrogen-bond acceptors (Lipinski definition) is 5. The summed E-state index contributed by atoms with van der Waals surface area (Å²) in [7, 11) is 1.89. The van der Waals surface area contributed by atoms with Crippen LogP contribution >= 0.6 is 11.3 Å². The predicted molar refractivity (Wildman–Crippen MR) is 94.7 cm³/mol. The highest BCUT2D eigenvalue weighted by Crippen LogP contribution is 2.27. The molecule has 5 nitrogen and oxygen atoms in total. The molecule has 1 N–H and O–H groups in total. The molecule has 24 heavy (non-hydrogen) atoms. The number of carbonyl (C=O) groups is 1. The summed E-state index contributed by atoms with van der Waals surface area (Å²) < 4.78 is 0. The van der Waals surface area contributed by atoms with Crippen molar-refractivity contribution in [2.75, 3.05) is 13.7 Å². The SMILES string of the molecule is CN(C(=O)Cc1csc(-c2ccccn2)n1)C1CCC(CO)CC1. The van der Waals surface area contributed by atoms with Crippen molar-refractivity contribution in [1.82, 2.24) is 14.9 Å². The molecule has 0 aliphatic heterocycles. The molecule has 6 heteroatoms. The van der Waals surface area contributed by atoms with Crippen molar-refractivity contribution >= 4 is 17.2 Å². The number of carbonyl (C=O) groups excluding carboxylic acids is 1. The maximum Gasteiger partial charge on any atom is 0.228 e. The first-order valence-corrected chi connectivity index (χ1v) is 9.27. The highest BCUT2D eigenvalue weighted by Gasteiger charge is 2.26. The molecule has 2 aromatic rings. The molecule has 1 aliphatic carbocycles. The van der Waals surface area contributed by atoms with Crippen molar-refractivity contribution in [3.05, 3.63) is 35.5 Å². The van der Waals surface area contributed by atoms with Gasteiger partial charge in [-0.2, -0.15) is 0 Å². The molecule has 1 saturated carbocycles. The van der Waals surface area contributed by atoms with Crippen LogP contribution in [0.4, 0.5) is 0 Å². The highest BCUT2D eigenvalue weighted by molar-refractivity contribution is 7.13. The number of amides is 1. The molecule has 3 rings (SSSR count). The smallest absolute Gasteiger partial charge is 0.228 e. The van der Waals surface area contributed by atoms with Crippen LogP contribution in [0.2, 0.25) is 0 Å². The van der Waals surface area contributed by atoms with Crippen LogP contribution in [0, 0.1) is 5.92 Å². The van der Waals surface area contributed by atoms with Gasteiger partial charge in [0.1, 0.15) is 5.01 Å². The van der Waals surface area contributed by atoms with Crippen molar-refractivity contribution in [2.45, 2.75) is 38.1 Å². The quantitative estimate of drug-likeness (QED) is 0.905. The van der Waals surface area contributed by atoms with Crippen LogP contribution in [0.25, 0.3) is 10.7 Å². The van der Waals surface area contributed by atoms with Crippen molar-refractivity contribution in [2.24, 2.45) is 5.92 Å². The molecule has 1 aliphatic rings. The van der Waals surface area contributed by atoms with Gasteiger partial charge in [0.2, 0.25) is 5.91 Å². The summed E-state index contributed by atoms with van der Waals surface area (Å²) >= 11 is 1.52. The number of nitrogens with zero attached hydrogens (tertiary/aromatic N) is 3. The van der Waals surface area contributed by atoms with Crippen LogP contribution in [0.5, 0.6) is 0 Å². The fourth-order valence-electron chi connectivity index (χ4n) is 3.19. The Kier molecular flexibility index (Phi) is 5.58. The lowest BCUT2D eigenvalue weighted by Gasteiger charge is -2.34. The Labute approximate surface area is 146 Å². The van der Waals surface area contributed by atoms with Crippen LogP contribution in [-0.4, -0.2) is 45.6 Å². The zero-order valence-electron chi connectivity index (χ0n) is 13.9. The van der Waals surface area contributed by atoms with Gasteiger partial charge in [-0.3, -0.25) is 9.78 Å². The van der Waals surface area contributed by atoms with Crippen LogP contribution in [-0.2, 0) is 11.2 Å². The molecule has 1 fully saturated rings. The first-order chi connectivity index (χ1) is 11.7. The van der Waals surface area contributed by atoms with Crippen LogP contribution in [0.3, 0.4) is 0 Å². The third-order valence-corrected chi connectivity index (χ3v) is 5.70. The summed E-state index contributed by atoms with van der Waals surface area (Å²) in [6, 6.07) is 6.03. The molecule has 0 atom stereocenters. The number of aliphatic hydroxyl groups is 1. The number of likely N-dealkylation sites (N-methyl/N-ethyl adjacent to an activating group) is 1. The lowest BCUT2D eigenvalue weighted by atomic mass is 9.86.